The van der Waals surface area contributed by atoms with Gasteiger partial charge in [-0.2, -0.15) is 0 Å². The van der Waals surface area contributed by atoms with Gasteiger partial charge in [0.25, 0.3) is 5.91 Å². The van der Waals surface area contributed by atoms with Gasteiger partial charge in [-0.25, -0.2) is 13.8 Å². The second kappa shape index (κ2) is 10.2. The predicted molar refractivity (Wildman–Crippen MR) is 115 cm³/mol. The molecule has 1 amide bonds. The van der Waals surface area contributed by atoms with Crippen LogP contribution in [0.15, 0.2) is 36.4 Å². The van der Waals surface area contributed by atoms with Crippen molar-refractivity contribution in [2.24, 2.45) is 0 Å². The lowest BCUT2D eigenvalue weighted by Gasteiger charge is -2.22. The Morgan fingerprint density at radius 2 is 1.86 bits per heavy atom. The monoisotopic (exact) mass is 461 g/mol. The molecule has 0 unspecified atom stereocenters. The molecule has 156 valence electrons. The van der Waals surface area contributed by atoms with Gasteiger partial charge in [0.2, 0.25) is 0 Å². The fourth-order valence-corrected chi connectivity index (χ4v) is 3.62. The molecule has 0 aliphatic carbocycles. The Labute approximate surface area is 182 Å². The summed E-state index contributed by atoms with van der Waals surface area (Å²) in [6.45, 7) is 0.682. The number of thiazole rings is 1. The van der Waals surface area contributed by atoms with Crippen molar-refractivity contribution in [3.05, 3.63) is 53.1 Å². The summed E-state index contributed by atoms with van der Waals surface area (Å²) >= 11 is 6.90. The Balaban J connectivity index is 0.00000300. The van der Waals surface area contributed by atoms with E-state index in [1.807, 2.05) is 19.0 Å². The zero-order valence-corrected chi connectivity index (χ0v) is 18.1. The molecule has 0 fully saturated rings. The highest BCUT2D eigenvalue weighted by molar-refractivity contribution is 7.22. The maximum Gasteiger partial charge on any atom is 0.266 e. The molecule has 2 aromatic carbocycles. The zero-order valence-electron chi connectivity index (χ0n) is 15.7. The number of aromatic nitrogens is 1. The summed E-state index contributed by atoms with van der Waals surface area (Å²) in [7, 11) is 3.75. The van der Waals surface area contributed by atoms with E-state index in [1.165, 1.54) is 11.0 Å². The number of hydrogen-bond acceptors (Lipinski definition) is 5. The minimum absolute atomic E-state index is 0. The number of rotatable bonds is 7. The summed E-state index contributed by atoms with van der Waals surface area (Å²) in [6.07, 6.45) is 0. The highest BCUT2D eigenvalue weighted by Crippen LogP contribution is 2.31. The summed E-state index contributed by atoms with van der Waals surface area (Å²) in [5, 5.41) is 0.862. The van der Waals surface area contributed by atoms with Gasteiger partial charge in [-0.15, -0.1) is 12.4 Å². The molecule has 0 atom stereocenters. The Kier molecular flexibility index (Phi) is 8.15. The number of halogens is 4. The van der Waals surface area contributed by atoms with Gasteiger partial charge in [0.1, 0.15) is 17.1 Å². The van der Waals surface area contributed by atoms with Gasteiger partial charge >= 0.3 is 0 Å². The molecule has 0 aliphatic heterocycles. The normalized spacial score (nSPS) is 10.8. The number of fused-ring (bicyclic) bond motifs is 1. The van der Waals surface area contributed by atoms with Crippen LogP contribution in [0.3, 0.4) is 0 Å². The number of likely N-dealkylation sites (N-methyl/N-ethyl adjacent to an activating group) is 1. The topological polar surface area (TPSA) is 45.7 Å². The number of carbonyl (C=O) groups excluding carboxylic acids is 1. The molecule has 0 N–H and O–H groups in total. The molecular weight excluding hydrogens is 443 g/mol. The third-order valence-electron chi connectivity index (χ3n) is 3.88. The van der Waals surface area contributed by atoms with E-state index < -0.39 is 11.6 Å². The van der Waals surface area contributed by atoms with Crippen LogP contribution in [0.2, 0.25) is 5.02 Å². The van der Waals surface area contributed by atoms with Crippen molar-refractivity contribution in [3.63, 3.8) is 0 Å². The lowest BCUT2D eigenvalue weighted by atomic mass is 10.3. The Morgan fingerprint density at radius 1 is 1.17 bits per heavy atom. The Bertz CT molecular complexity index is 983. The van der Waals surface area contributed by atoms with E-state index in [1.54, 1.807) is 24.3 Å². The van der Waals surface area contributed by atoms with Gasteiger partial charge in [-0.1, -0.05) is 22.9 Å². The molecule has 0 saturated carbocycles. The minimum atomic E-state index is -0.755. The van der Waals surface area contributed by atoms with E-state index >= 15 is 0 Å². The zero-order chi connectivity index (χ0) is 20.3. The number of hydrogen-bond donors (Lipinski definition) is 0. The molecular formula is C19H19Cl2F2N3O2S. The van der Waals surface area contributed by atoms with Crippen LogP contribution in [0.1, 0.15) is 0 Å². The number of carbonyl (C=O) groups is 1. The standard InChI is InChI=1S/C19H18ClF2N3O2S.ClH/c1-24(2)7-8-25(17(26)11-27-14-5-3-12(20)4-6-14)19-23-18-15(22)9-13(21)10-16(18)28-19;/h3-6,9-10H,7-8,11H2,1-2H3;1H. The summed E-state index contributed by atoms with van der Waals surface area (Å²) in [6, 6.07) is 8.64. The van der Waals surface area contributed by atoms with Gasteiger partial charge in [0, 0.05) is 24.2 Å². The Morgan fingerprint density at radius 3 is 2.52 bits per heavy atom. The van der Waals surface area contributed by atoms with Crippen molar-refractivity contribution >= 4 is 56.6 Å². The summed E-state index contributed by atoms with van der Waals surface area (Å²) in [4.78, 5) is 20.3. The quantitative estimate of drug-likeness (QED) is 0.514. The second-order valence-corrected chi connectivity index (χ2v) is 7.77. The van der Waals surface area contributed by atoms with Crippen LogP contribution in [0.5, 0.6) is 5.75 Å². The maximum absolute atomic E-state index is 14.0. The lowest BCUT2D eigenvalue weighted by Crippen LogP contribution is -2.39. The van der Waals surface area contributed by atoms with Crippen LogP contribution in [-0.4, -0.2) is 49.6 Å². The first-order valence-electron chi connectivity index (χ1n) is 8.42. The third-order valence-corrected chi connectivity index (χ3v) is 5.16. The van der Waals surface area contributed by atoms with Crippen LogP contribution in [0, 0.1) is 11.6 Å². The number of nitrogens with zero attached hydrogens (tertiary/aromatic N) is 3. The Hall–Kier alpha value is -2.00. The maximum atomic E-state index is 14.0. The molecule has 0 radical (unpaired) electrons. The van der Waals surface area contributed by atoms with E-state index in [4.69, 9.17) is 16.3 Å². The van der Waals surface area contributed by atoms with Gasteiger partial charge in [-0.05, 0) is 44.4 Å². The molecule has 0 saturated heterocycles. The number of amides is 1. The third kappa shape index (κ3) is 5.99. The van der Waals surface area contributed by atoms with Crippen molar-refractivity contribution in [1.29, 1.82) is 0 Å². The first-order valence-corrected chi connectivity index (χ1v) is 9.62. The van der Waals surface area contributed by atoms with Crippen LogP contribution in [-0.2, 0) is 4.79 Å². The molecule has 1 heterocycles. The van der Waals surface area contributed by atoms with Gasteiger partial charge in [-0.3, -0.25) is 9.69 Å². The van der Waals surface area contributed by atoms with E-state index in [2.05, 4.69) is 4.98 Å². The summed E-state index contributed by atoms with van der Waals surface area (Å²) in [5.74, 6) is -1.27. The van der Waals surface area contributed by atoms with Crippen LogP contribution >= 0.6 is 35.3 Å². The molecule has 3 rings (SSSR count). The van der Waals surface area contributed by atoms with Crippen molar-refractivity contribution in [2.45, 2.75) is 0 Å². The van der Waals surface area contributed by atoms with Crippen LogP contribution in [0.25, 0.3) is 10.2 Å². The van der Waals surface area contributed by atoms with Gasteiger partial charge in [0.15, 0.2) is 17.6 Å². The highest BCUT2D eigenvalue weighted by Gasteiger charge is 2.22. The van der Waals surface area contributed by atoms with E-state index in [0.717, 1.165) is 17.4 Å². The average Bonchev–Trinajstić information content (AvgIpc) is 3.05. The largest absolute Gasteiger partial charge is 0.484 e. The molecule has 10 heteroatoms. The minimum Gasteiger partial charge on any atom is -0.484 e. The lowest BCUT2D eigenvalue weighted by molar-refractivity contribution is -0.120. The molecule has 29 heavy (non-hydrogen) atoms. The second-order valence-electron chi connectivity index (χ2n) is 6.32. The molecule has 0 spiro atoms. The smallest absolute Gasteiger partial charge is 0.266 e. The highest BCUT2D eigenvalue weighted by atomic mass is 35.5. The predicted octanol–water partition coefficient (Wildman–Crippen LogP) is 4.62. The molecule has 1 aromatic heterocycles. The molecule has 3 aromatic rings. The van der Waals surface area contributed by atoms with Crippen molar-refractivity contribution in [3.8, 4) is 5.75 Å². The fourth-order valence-electron chi connectivity index (χ4n) is 2.44. The van der Waals surface area contributed by atoms with E-state index in [9.17, 15) is 13.6 Å². The molecule has 5 nitrogen and oxygen atoms in total. The van der Waals surface area contributed by atoms with Crippen LogP contribution in [0.4, 0.5) is 13.9 Å². The SMILES string of the molecule is CN(C)CCN(C(=O)COc1ccc(Cl)cc1)c1nc2c(F)cc(F)cc2s1.Cl. The van der Waals surface area contributed by atoms with E-state index in [0.29, 0.717) is 33.7 Å². The van der Waals surface area contributed by atoms with Crippen molar-refractivity contribution in [2.75, 3.05) is 38.7 Å². The first-order chi connectivity index (χ1) is 13.3. The molecule has 0 bridgehead atoms. The number of benzene rings is 2. The van der Waals surface area contributed by atoms with Crippen molar-refractivity contribution in [1.82, 2.24) is 9.88 Å². The number of anilines is 1. The molecule has 0 aliphatic rings. The van der Waals surface area contributed by atoms with Crippen molar-refractivity contribution < 1.29 is 18.3 Å². The van der Waals surface area contributed by atoms with Crippen LogP contribution < -0.4 is 9.64 Å². The fraction of sp³-hybridized carbons (Fsp3) is 0.263. The summed E-state index contributed by atoms with van der Waals surface area (Å²) in [5.41, 5.74) is 0.0441. The first kappa shape index (κ1) is 23.3. The number of ether oxygens (including phenoxy) is 1. The average molecular weight is 462 g/mol. The summed E-state index contributed by atoms with van der Waals surface area (Å²) < 4.78 is 33.3. The van der Waals surface area contributed by atoms with Gasteiger partial charge < -0.3 is 9.64 Å². The van der Waals surface area contributed by atoms with Gasteiger partial charge in [0.05, 0.1) is 4.70 Å². The van der Waals surface area contributed by atoms with E-state index in [-0.39, 0.29) is 30.4 Å².